The van der Waals surface area contributed by atoms with Crippen molar-refractivity contribution in [3.05, 3.63) is 24.2 Å². The van der Waals surface area contributed by atoms with Gasteiger partial charge >= 0.3 is 0 Å². The fraction of sp³-hybridized carbons (Fsp3) is 0.706. The van der Waals surface area contributed by atoms with E-state index in [-0.39, 0.29) is 5.54 Å². The van der Waals surface area contributed by atoms with Crippen LogP contribution in [0.25, 0.3) is 0 Å². The van der Waals surface area contributed by atoms with Gasteiger partial charge in [-0.3, -0.25) is 0 Å². The fourth-order valence-electron chi connectivity index (χ4n) is 1.48. The van der Waals surface area contributed by atoms with E-state index >= 15 is 0 Å². The lowest BCUT2D eigenvalue weighted by molar-refractivity contribution is 0.235. The first-order chi connectivity index (χ1) is 8.43. The van der Waals surface area contributed by atoms with Gasteiger partial charge in [0, 0.05) is 17.5 Å². The monoisotopic (exact) mass is 266 g/mol. The molecule has 0 aromatic rings. The van der Waals surface area contributed by atoms with Gasteiger partial charge in [-0.1, -0.05) is 48.1 Å². The van der Waals surface area contributed by atoms with Crippen molar-refractivity contribution in [3.63, 3.8) is 0 Å². The minimum atomic E-state index is 0.0649. The fourth-order valence-corrected chi connectivity index (χ4v) is 1.48. The van der Waals surface area contributed by atoms with E-state index in [0.29, 0.717) is 5.41 Å². The van der Waals surface area contributed by atoms with Gasteiger partial charge in [-0.15, -0.1) is 0 Å². The molecule has 19 heavy (non-hydrogen) atoms. The van der Waals surface area contributed by atoms with Crippen LogP contribution in [0.3, 0.4) is 0 Å². The van der Waals surface area contributed by atoms with E-state index in [1.165, 1.54) is 5.70 Å². The Morgan fingerprint density at radius 3 is 1.58 bits per heavy atom. The van der Waals surface area contributed by atoms with Crippen LogP contribution in [-0.2, 0) is 0 Å². The number of rotatable bonds is 0. The summed E-state index contributed by atoms with van der Waals surface area (Å²) in [5.74, 6) is 0.822. The van der Waals surface area contributed by atoms with Crippen LogP contribution in [0, 0.1) is 5.41 Å². The molecule has 1 heterocycles. The Bertz CT molecular complexity index is 316. The van der Waals surface area contributed by atoms with Crippen molar-refractivity contribution < 1.29 is 0 Å². The molecule has 0 N–H and O–H groups in total. The first kappa shape index (κ1) is 20.3. The summed E-state index contributed by atoms with van der Waals surface area (Å²) in [6.45, 7) is 25.2. The van der Waals surface area contributed by atoms with E-state index in [9.17, 15) is 0 Å². The quantitative estimate of drug-likeness (QED) is 0.555. The van der Waals surface area contributed by atoms with Crippen molar-refractivity contribution in [2.75, 3.05) is 0 Å². The third-order valence-corrected chi connectivity index (χ3v) is 1.82. The smallest absolute Gasteiger partial charge is 0.125 e. The third-order valence-electron chi connectivity index (χ3n) is 1.82. The largest absolute Gasteiger partial charge is 0.326 e. The van der Waals surface area contributed by atoms with Crippen LogP contribution in [0.15, 0.2) is 29.2 Å². The summed E-state index contributed by atoms with van der Waals surface area (Å²) in [4.78, 5) is 6.29. The highest BCUT2D eigenvalue weighted by Crippen LogP contribution is 2.26. The number of nitrogens with zero attached hydrogens (tertiary/aromatic N) is 2. The maximum atomic E-state index is 4.16. The Balaban J connectivity index is 0. The van der Waals surface area contributed by atoms with Crippen LogP contribution in [0.4, 0.5) is 0 Å². The molecule has 0 atom stereocenters. The van der Waals surface area contributed by atoms with Crippen LogP contribution < -0.4 is 0 Å². The van der Waals surface area contributed by atoms with Gasteiger partial charge in [0.15, 0.2) is 0 Å². The van der Waals surface area contributed by atoms with Crippen molar-refractivity contribution >= 4 is 6.21 Å². The molecule has 1 aliphatic heterocycles. The topological polar surface area (TPSA) is 15.6 Å². The van der Waals surface area contributed by atoms with Gasteiger partial charge in [0.1, 0.15) is 5.82 Å². The molecule has 0 unspecified atom stereocenters. The van der Waals surface area contributed by atoms with Gasteiger partial charge in [0.2, 0.25) is 0 Å². The molecule has 0 bridgehead atoms. The summed E-state index contributed by atoms with van der Waals surface area (Å²) in [5, 5.41) is 0. The highest BCUT2D eigenvalue weighted by molar-refractivity contribution is 5.74. The number of hydrogen-bond donors (Lipinski definition) is 0. The second-order valence-corrected chi connectivity index (χ2v) is 7.01. The lowest BCUT2D eigenvalue weighted by Gasteiger charge is -2.38. The average molecular weight is 266 g/mol. The molecule has 0 aliphatic carbocycles. The molecule has 2 nitrogen and oxygen atoms in total. The zero-order valence-corrected chi connectivity index (χ0v) is 14.8. The van der Waals surface area contributed by atoms with Gasteiger partial charge in [0.25, 0.3) is 0 Å². The van der Waals surface area contributed by atoms with Crippen LogP contribution in [0.2, 0.25) is 0 Å². The summed E-state index contributed by atoms with van der Waals surface area (Å²) >= 11 is 0. The van der Waals surface area contributed by atoms with Crippen LogP contribution in [0.5, 0.6) is 0 Å². The summed E-state index contributed by atoms with van der Waals surface area (Å²) in [6, 6.07) is 0. The number of hydrogen-bond acceptors (Lipinski definition) is 2. The first-order valence-corrected chi connectivity index (χ1v) is 7.13. The zero-order chi connectivity index (χ0) is 15.9. The molecule has 1 aliphatic rings. The van der Waals surface area contributed by atoms with Gasteiger partial charge in [-0.2, -0.15) is 0 Å². The van der Waals surface area contributed by atoms with Gasteiger partial charge < -0.3 is 4.90 Å². The minimum absolute atomic E-state index is 0.0649. The standard InChI is InChI=1S/C10H16N2.C5H12.C2H6/c1-8-6-7-11-9(2)12(8)10(3,4)5;1-5(2,3)4;1-2/h6-7H,2H2,1,3-5H3;1-4H3;1-2H3. The maximum absolute atomic E-state index is 4.16. The summed E-state index contributed by atoms with van der Waals surface area (Å²) in [7, 11) is 0. The van der Waals surface area contributed by atoms with E-state index in [1.54, 1.807) is 6.21 Å². The Kier molecular flexibility index (Phi) is 8.73. The van der Waals surface area contributed by atoms with Gasteiger partial charge in [0.05, 0.1) is 0 Å². The lowest BCUT2D eigenvalue weighted by Crippen LogP contribution is -2.39. The van der Waals surface area contributed by atoms with Crippen molar-refractivity contribution in [2.24, 2.45) is 10.4 Å². The zero-order valence-electron chi connectivity index (χ0n) is 14.8. The number of allylic oxidation sites excluding steroid dienone is 2. The predicted octanol–water partition coefficient (Wildman–Crippen LogP) is 5.62. The van der Waals surface area contributed by atoms with E-state index in [2.05, 4.69) is 71.9 Å². The van der Waals surface area contributed by atoms with Crippen molar-refractivity contribution in [3.8, 4) is 0 Å². The lowest BCUT2D eigenvalue weighted by atomic mass is 10.0. The summed E-state index contributed by atoms with van der Waals surface area (Å²) in [6.07, 6.45) is 3.79. The highest BCUT2D eigenvalue weighted by Gasteiger charge is 2.24. The Labute approximate surface area is 121 Å². The van der Waals surface area contributed by atoms with E-state index in [0.717, 1.165) is 5.82 Å². The van der Waals surface area contributed by atoms with Gasteiger partial charge in [-0.25, -0.2) is 4.99 Å². The Hall–Kier alpha value is -1.05. The van der Waals surface area contributed by atoms with Crippen LogP contribution in [-0.4, -0.2) is 16.7 Å². The Morgan fingerprint density at radius 1 is 1.00 bits per heavy atom. The second-order valence-electron chi connectivity index (χ2n) is 7.01. The molecule has 1 rings (SSSR count). The molecule has 2 heteroatoms. The van der Waals surface area contributed by atoms with Crippen molar-refractivity contribution in [1.82, 2.24) is 4.90 Å². The third kappa shape index (κ3) is 10.5. The van der Waals surface area contributed by atoms with E-state index in [4.69, 9.17) is 0 Å². The highest BCUT2D eigenvalue weighted by atomic mass is 15.3. The first-order valence-electron chi connectivity index (χ1n) is 7.13. The summed E-state index contributed by atoms with van der Waals surface area (Å²) < 4.78 is 0. The van der Waals surface area contributed by atoms with E-state index in [1.807, 2.05) is 19.9 Å². The molecule has 0 saturated heterocycles. The molecule has 0 fully saturated rings. The number of aliphatic imine (C=N–C) groups is 1. The van der Waals surface area contributed by atoms with Gasteiger partial charge in [-0.05, 0) is 39.2 Å². The van der Waals surface area contributed by atoms with E-state index < -0.39 is 0 Å². The SMILES string of the molecule is C=C1N=CC=C(C)N1C(C)(C)C.CC.CC(C)(C)C. The molecule has 0 radical (unpaired) electrons. The van der Waals surface area contributed by atoms with Crippen LogP contribution >= 0.6 is 0 Å². The molecular formula is C17H34N2. The molecule has 0 aromatic heterocycles. The molecular weight excluding hydrogens is 232 g/mol. The van der Waals surface area contributed by atoms with Crippen LogP contribution in [0.1, 0.15) is 69.2 Å². The summed E-state index contributed by atoms with van der Waals surface area (Å²) in [5.41, 5.74) is 1.76. The maximum Gasteiger partial charge on any atom is 0.125 e. The average Bonchev–Trinajstić information content (AvgIpc) is 2.15. The normalized spacial score (nSPS) is 14.9. The predicted molar refractivity (Wildman–Crippen MR) is 89.5 cm³/mol. The molecule has 0 spiro atoms. The Morgan fingerprint density at radius 2 is 1.37 bits per heavy atom. The minimum Gasteiger partial charge on any atom is -0.326 e. The molecule has 112 valence electrons. The van der Waals surface area contributed by atoms with Crippen molar-refractivity contribution in [1.29, 1.82) is 0 Å². The molecule has 0 saturated carbocycles. The second kappa shape index (κ2) is 8.19. The van der Waals surface area contributed by atoms with Crippen molar-refractivity contribution in [2.45, 2.75) is 74.8 Å². The molecule has 0 aromatic carbocycles. The molecule has 0 amide bonds.